The lowest BCUT2D eigenvalue weighted by atomic mass is 9.57. The summed E-state index contributed by atoms with van der Waals surface area (Å²) in [6.07, 6.45) is 0. The Bertz CT molecular complexity index is 2560. The summed E-state index contributed by atoms with van der Waals surface area (Å²) in [5.41, 5.74) is 16.1. The Kier molecular flexibility index (Phi) is 7.85. The van der Waals surface area contributed by atoms with Crippen molar-refractivity contribution in [3.8, 4) is 22.3 Å². The van der Waals surface area contributed by atoms with Crippen molar-refractivity contribution in [1.82, 2.24) is 0 Å². The second-order valence-corrected chi connectivity index (χ2v) is 14.4. The smallest absolute Gasteiger partial charge is 0.197 e. The first-order chi connectivity index (χ1) is 26.3. The van der Waals surface area contributed by atoms with Crippen molar-refractivity contribution in [3.63, 3.8) is 0 Å². The molecule has 0 fully saturated rings. The van der Waals surface area contributed by atoms with Crippen molar-refractivity contribution >= 4 is 75.5 Å². The van der Waals surface area contributed by atoms with E-state index in [-0.39, 0.29) is 0 Å². The Hall–Kier alpha value is -6.43. The van der Waals surface area contributed by atoms with Crippen molar-refractivity contribution in [2.24, 2.45) is 0 Å². The van der Waals surface area contributed by atoms with Gasteiger partial charge in [-0.1, -0.05) is 126 Å². The standard InChI is InChI=1S/C48H33BN3S/c1-5-16-33(17-6-1)34-30-40(39-24-15-27-46-48(39)50-42-25-13-14-26-45(42)53-46)47-44(31-34)52(37-22-11-4-12-23-37)43-29-28-38(32-41(43)49-47)51(35-18-7-2-8-19-35)36-20-9-3-10-21-36/h1-32,50H. The molecule has 0 saturated heterocycles. The maximum atomic E-state index is 3.84. The zero-order valence-electron chi connectivity index (χ0n) is 28.9. The highest BCUT2D eigenvalue weighted by atomic mass is 32.2. The van der Waals surface area contributed by atoms with Gasteiger partial charge in [0.1, 0.15) is 0 Å². The van der Waals surface area contributed by atoms with Gasteiger partial charge in [-0.05, 0) is 107 Å². The molecule has 0 aromatic heterocycles. The van der Waals surface area contributed by atoms with E-state index >= 15 is 0 Å². The van der Waals surface area contributed by atoms with Crippen LogP contribution in [0.5, 0.6) is 0 Å². The van der Waals surface area contributed by atoms with Gasteiger partial charge in [-0.25, -0.2) is 0 Å². The van der Waals surface area contributed by atoms with E-state index in [9.17, 15) is 0 Å². The molecule has 1 N–H and O–H groups in total. The fourth-order valence-corrected chi connectivity index (χ4v) is 8.64. The molecule has 5 heteroatoms. The lowest BCUT2D eigenvalue weighted by molar-refractivity contribution is 1.26. The summed E-state index contributed by atoms with van der Waals surface area (Å²) < 4.78 is 0. The number of hydrogen-bond acceptors (Lipinski definition) is 4. The number of nitrogens with zero attached hydrogens (tertiary/aromatic N) is 2. The maximum absolute atomic E-state index is 3.84. The van der Waals surface area contributed by atoms with Crippen LogP contribution in [0.4, 0.5) is 45.5 Å². The topological polar surface area (TPSA) is 18.5 Å². The van der Waals surface area contributed by atoms with Gasteiger partial charge in [0, 0.05) is 49.5 Å². The Labute approximate surface area is 315 Å². The number of fused-ring (bicyclic) bond motifs is 4. The van der Waals surface area contributed by atoms with Gasteiger partial charge in [-0.2, -0.15) is 0 Å². The molecule has 8 aromatic rings. The molecule has 3 nitrogen and oxygen atoms in total. The number of nitrogens with one attached hydrogen (secondary N) is 1. The Morgan fingerprint density at radius 1 is 0.472 bits per heavy atom. The molecular formula is C48H33BN3S. The van der Waals surface area contributed by atoms with Crippen LogP contribution in [0.2, 0.25) is 0 Å². The Balaban J connectivity index is 1.21. The predicted octanol–water partition coefficient (Wildman–Crippen LogP) is 12.1. The van der Waals surface area contributed by atoms with Crippen molar-refractivity contribution in [1.29, 1.82) is 0 Å². The van der Waals surface area contributed by atoms with Crippen LogP contribution in [0.1, 0.15) is 0 Å². The third-order valence-electron chi connectivity index (χ3n) is 10.0. The van der Waals surface area contributed by atoms with E-state index in [0.29, 0.717) is 0 Å². The normalized spacial score (nSPS) is 12.3. The summed E-state index contributed by atoms with van der Waals surface area (Å²) in [6, 6.07) is 69.6. The predicted molar refractivity (Wildman–Crippen MR) is 226 cm³/mol. The van der Waals surface area contributed by atoms with E-state index in [0.717, 1.165) is 51.0 Å². The molecule has 0 atom stereocenters. The highest BCUT2D eigenvalue weighted by molar-refractivity contribution is 7.99. The minimum absolute atomic E-state index is 1.10. The summed E-state index contributed by atoms with van der Waals surface area (Å²) in [6.45, 7) is 0. The summed E-state index contributed by atoms with van der Waals surface area (Å²) in [4.78, 5) is 7.23. The summed E-state index contributed by atoms with van der Waals surface area (Å²) in [5, 5.41) is 3.84. The zero-order valence-corrected chi connectivity index (χ0v) is 29.7. The highest BCUT2D eigenvalue weighted by Crippen LogP contribution is 2.49. The van der Waals surface area contributed by atoms with E-state index in [1.807, 2.05) is 11.8 Å². The molecule has 2 aliphatic rings. The molecular weight excluding hydrogens is 661 g/mol. The van der Waals surface area contributed by atoms with Crippen molar-refractivity contribution in [2.45, 2.75) is 9.79 Å². The molecule has 0 amide bonds. The van der Waals surface area contributed by atoms with Gasteiger partial charge in [-0.3, -0.25) is 0 Å². The SMILES string of the molecule is [B]1c2cc(N(c3ccccc3)c3ccccc3)ccc2N(c2ccccc2)c2cc(-c3ccccc3)cc(-c3cccc4c3Nc3ccccc3S4)c21. The van der Waals surface area contributed by atoms with Gasteiger partial charge in [0.15, 0.2) is 7.28 Å². The molecule has 0 unspecified atom stereocenters. The number of rotatable bonds is 6. The first-order valence-corrected chi connectivity index (χ1v) is 18.8. The molecule has 249 valence electrons. The molecule has 53 heavy (non-hydrogen) atoms. The number of anilines is 8. The molecule has 0 aliphatic carbocycles. The van der Waals surface area contributed by atoms with Gasteiger partial charge in [0.25, 0.3) is 0 Å². The average molecular weight is 695 g/mol. The van der Waals surface area contributed by atoms with Crippen LogP contribution in [0.3, 0.4) is 0 Å². The van der Waals surface area contributed by atoms with Crippen LogP contribution in [0.25, 0.3) is 22.3 Å². The summed E-state index contributed by atoms with van der Waals surface area (Å²) >= 11 is 1.83. The van der Waals surface area contributed by atoms with Crippen LogP contribution >= 0.6 is 11.8 Å². The van der Waals surface area contributed by atoms with E-state index < -0.39 is 0 Å². The van der Waals surface area contributed by atoms with Crippen LogP contribution in [0.15, 0.2) is 204 Å². The van der Waals surface area contributed by atoms with Gasteiger partial charge < -0.3 is 15.1 Å². The minimum atomic E-state index is 1.10. The van der Waals surface area contributed by atoms with Crippen LogP contribution in [-0.2, 0) is 0 Å². The summed E-state index contributed by atoms with van der Waals surface area (Å²) in [7, 11) is 2.40. The highest BCUT2D eigenvalue weighted by Gasteiger charge is 2.30. The van der Waals surface area contributed by atoms with Crippen molar-refractivity contribution in [3.05, 3.63) is 194 Å². The monoisotopic (exact) mass is 694 g/mol. The molecule has 10 rings (SSSR count). The zero-order chi connectivity index (χ0) is 35.1. The number of benzene rings is 8. The molecule has 0 saturated carbocycles. The Morgan fingerprint density at radius 2 is 1.11 bits per heavy atom. The third kappa shape index (κ3) is 5.67. The lowest BCUT2D eigenvalue weighted by Crippen LogP contribution is -2.41. The number of hydrogen-bond donors (Lipinski definition) is 1. The Morgan fingerprint density at radius 3 is 1.85 bits per heavy atom. The van der Waals surface area contributed by atoms with Gasteiger partial charge >= 0.3 is 0 Å². The second kappa shape index (κ2) is 13.3. The maximum Gasteiger partial charge on any atom is 0.197 e. The molecule has 0 spiro atoms. The fraction of sp³-hybridized carbons (Fsp3) is 0. The first-order valence-electron chi connectivity index (χ1n) is 17.9. The molecule has 8 aromatic carbocycles. The van der Waals surface area contributed by atoms with Crippen LogP contribution in [-0.4, -0.2) is 7.28 Å². The largest absolute Gasteiger partial charge is 0.353 e. The van der Waals surface area contributed by atoms with Gasteiger partial charge in [0.2, 0.25) is 0 Å². The van der Waals surface area contributed by atoms with E-state index in [1.54, 1.807) is 0 Å². The fourth-order valence-electron chi connectivity index (χ4n) is 7.62. The molecule has 2 aliphatic heterocycles. The summed E-state index contributed by atoms with van der Waals surface area (Å²) in [5.74, 6) is 0. The van der Waals surface area contributed by atoms with Gasteiger partial charge in [0.05, 0.1) is 11.4 Å². The lowest BCUT2D eigenvalue weighted by Gasteiger charge is -2.36. The number of para-hydroxylation sites is 5. The van der Waals surface area contributed by atoms with E-state index in [2.05, 4.69) is 217 Å². The third-order valence-corrected chi connectivity index (χ3v) is 11.2. The quantitative estimate of drug-likeness (QED) is 0.175. The van der Waals surface area contributed by atoms with Crippen molar-refractivity contribution in [2.75, 3.05) is 15.1 Å². The molecule has 0 bridgehead atoms. The van der Waals surface area contributed by atoms with E-state index in [1.165, 1.54) is 37.5 Å². The molecule has 2 heterocycles. The average Bonchev–Trinajstić information content (AvgIpc) is 3.23. The van der Waals surface area contributed by atoms with Crippen molar-refractivity contribution < 1.29 is 0 Å². The van der Waals surface area contributed by atoms with Gasteiger partial charge in [-0.15, -0.1) is 0 Å². The van der Waals surface area contributed by atoms with Crippen LogP contribution < -0.4 is 26.0 Å². The second-order valence-electron chi connectivity index (χ2n) is 13.3. The first kappa shape index (κ1) is 31.3. The van der Waals surface area contributed by atoms with Crippen LogP contribution in [0, 0.1) is 0 Å². The van der Waals surface area contributed by atoms with E-state index in [4.69, 9.17) is 0 Å². The minimum Gasteiger partial charge on any atom is -0.353 e. The molecule has 1 radical (unpaired) electrons.